The van der Waals surface area contributed by atoms with Gasteiger partial charge < -0.3 is 26.2 Å². The van der Waals surface area contributed by atoms with E-state index < -0.39 is 69.1 Å². The van der Waals surface area contributed by atoms with Crippen molar-refractivity contribution in [3.8, 4) is 0 Å². The molecule has 2 aliphatic rings. The maximum Gasteiger partial charge on any atom is 0.315 e. The number of likely N-dealkylation sites (N-methyl/N-ethyl adjacent to an activating group) is 2. The zero-order valence-electron chi connectivity index (χ0n) is 31.9. The number of likely N-dealkylation sites (tertiary alicyclic amines) is 1. The number of sulfonamides is 1. The Morgan fingerprint density at radius 1 is 0.980 bits per heavy atom. The van der Waals surface area contributed by atoms with E-state index in [1.54, 1.807) is 11.8 Å². The van der Waals surface area contributed by atoms with Gasteiger partial charge in [0.05, 0.1) is 12.3 Å². The van der Waals surface area contributed by atoms with E-state index in [1.807, 2.05) is 65.8 Å². The van der Waals surface area contributed by atoms with Crippen LogP contribution in [0.1, 0.15) is 85.3 Å². The number of nitrogens with zero attached hydrogens (tertiary/aromatic N) is 2. The lowest BCUT2D eigenvalue weighted by Gasteiger charge is -2.36. The molecule has 1 aromatic rings. The molecule has 5 atom stereocenters. The Bertz CT molecular complexity index is 1500. The van der Waals surface area contributed by atoms with Crippen molar-refractivity contribution in [3.05, 3.63) is 35.4 Å². The van der Waals surface area contributed by atoms with E-state index in [0.29, 0.717) is 32.1 Å². The molecule has 1 aromatic carbocycles. The topological polar surface area (TPSA) is 174 Å². The molecular weight excluding hydrogens is 673 g/mol. The van der Waals surface area contributed by atoms with Crippen LogP contribution in [-0.2, 0) is 42.0 Å². The number of amides is 5. The quantitative estimate of drug-likeness (QED) is 0.189. The van der Waals surface area contributed by atoms with Crippen LogP contribution >= 0.6 is 0 Å². The molecule has 0 radical (unpaired) electrons. The molecule has 1 unspecified atom stereocenters. The molecule has 5 amide bonds. The van der Waals surface area contributed by atoms with Crippen molar-refractivity contribution in [2.75, 3.05) is 32.9 Å². The van der Waals surface area contributed by atoms with Crippen LogP contribution in [0, 0.1) is 23.2 Å². The number of hydrogen-bond donors (Lipinski definition) is 4. The fourth-order valence-corrected chi connectivity index (χ4v) is 7.52. The number of nitrogens with one attached hydrogen (secondary N) is 4. The molecule has 0 saturated carbocycles. The van der Waals surface area contributed by atoms with Gasteiger partial charge in [0.1, 0.15) is 12.1 Å². The van der Waals surface area contributed by atoms with E-state index in [9.17, 15) is 32.4 Å². The molecule has 13 nitrogen and oxygen atoms in total. The van der Waals surface area contributed by atoms with E-state index in [4.69, 9.17) is 0 Å². The van der Waals surface area contributed by atoms with E-state index in [-0.39, 0.29) is 37.4 Å². The van der Waals surface area contributed by atoms with Crippen molar-refractivity contribution in [2.45, 2.75) is 111 Å². The fourth-order valence-electron chi connectivity index (χ4n) is 7.10. The van der Waals surface area contributed by atoms with Crippen LogP contribution in [0.4, 0.5) is 4.79 Å². The Labute approximate surface area is 304 Å². The predicted molar refractivity (Wildman–Crippen MR) is 197 cm³/mol. The summed E-state index contributed by atoms with van der Waals surface area (Å²) in [7, 11) is -2.07. The third-order valence-corrected chi connectivity index (χ3v) is 11.6. The molecule has 1 heterocycles. The van der Waals surface area contributed by atoms with Gasteiger partial charge in [-0.3, -0.25) is 19.2 Å². The number of carbonyl (C=O) groups excluding carboxylic acids is 5. The Balaban J connectivity index is 1.95. The van der Waals surface area contributed by atoms with Crippen molar-refractivity contribution < 1.29 is 32.4 Å². The number of fused-ring (bicyclic) bond motifs is 1. The SMILES string of the molecule is CCCCC(NC(=O)[C@@H]1[C@@H](C(C)C)CCN1C(=O)[C@@H](NC(=O)N[C@H](CN(C)S(C)(=O)=O)C(C)(C)C)C1Cc2ccccc2C1)C(=O)C(=O)NCC. The second-order valence-corrected chi connectivity index (χ2v) is 17.7. The first-order valence-electron chi connectivity index (χ1n) is 18.3. The predicted octanol–water partition coefficient (Wildman–Crippen LogP) is 2.63. The lowest BCUT2D eigenvalue weighted by molar-refractivity contribution is -0.144. The van der Waals surface area contributed by atoms with Crippen molar-refractivity contribution in [1.29, 1.82) is 0 Å². The number of benzene rings is 1. The van der Waals surface area contributed by atoms with Crippen LogP contribution in [-0.4, -0.2) is 104 Å². The van der Waals surface area contributed by atoms with Gasteiger partial charge in [-0.15, -0.1) is 0 Å². The van der Waals surface area contributed by atoms with Crippen LogP contribution in [0.15, 0.2) is 24.3 Å². The van der Waals surface area contributed by atoms with Crippen LogP contribution in [0.2, 0.25) is 0 Å². The molecule has 3 rings (SSSR count). The Kier molecular flexibility index (Phi) is 14.6. The van der Waals surface area contributed by atoms with Crippen molar-refractivity contribution in [1.82, 2.24) is 30.5 Å². The van der Waals surface area contributed by atoms with Gasteiger partial charge in [0.2, 0.25) is 27.6 Å². The van der Waals surface area contributed by atoms with Crippen LogP contribution in [0.25, 0.3) is 0 Å². The number of rotatable bonds is 16. The number of Topliss-reactive ketones (excluding diaryl/α,β-unsaturated/α-hetero) is 1. The lowest BCUT2D eigenvalue weighted by Crippen LogP contribution is -2.61. The molecule has 51 heavy (non-hydrogen) atoms. The molecule has 286 valence electrons. The Hall–Kier alpha value is -3.52. The first kappa shape index (κ1) is 41.9. The summed E-state index contributed by atoms with van der Waals surface area (Å²) < 4.78 is 25.6. The van der Waals surface area contributed by atoms with Gasteiger partial charge in [-0.05, 0) is 66.9 Å². The first-order valence-corrected chi connectivity index (χ1v) is 20.1. The molecule has 1 fully saturated rings. The minimum Gasteiger partial charge on any atom is -0.350 e. The molecule has 1 aliphatic heterocycles. The maximum absolute atomic E-state index is 14.8. The van der Waals surface area contributed by atoms with E-state index >= 15 is 0 Å². The zero-order chi connectivity index (χ0) is 38.3. The summed E-state index contributed by atoms with van der Waals surface area (Å²) >= 11 is 0. The minimum atomic E-state index is -3.52. The van der Waals surface area contributed by atoms with Gasteiger partial charge in [-0.1, -0.05) is 78.6 Å². The van der Waals surface area contributed by atoms with E-state index in [0.717, 1.165) is 23.8 Å². The molecule has 1 saturated heterocycles. The van der Waals surface area contributed by atoms with Crippen molar-refractivity contribution in [3.63, 3.8) is 0 Å². The molecular formula is C37H60N6O7S. The number of hydrogen-bond acceptors (Lipinski definition) is 7. The Morgan fingerprint density at radius 3 is 2.10 bits per heavy atom. The smallest absolute Gasteiger partial charge is 0.315 e. The summed E-state index contributed by atoms with van der Waals surface area (Å²) in [6.07, 6.45) is 4.43. The summed E-state index contributed by atoms with van der Waals surface area (Å²) in [6.45, 7) is 13.9. The van der Waals surface area contributed by atoms with Gasteiger partial charge in [-0.2, -0.15) is 0 Å². The standard InChI is InChI=1S/C37H60N6O7S/c1-10-12-17-28(32(44)34(46)38-11-2)39-33(45)31-27(23(3)4)18-19-43(31)35(47)30(26-20-24-15-13-14-16-25(24)21-26)41-36(48)40-29(37(5,6)7)22-42(8)51(9,49)50/h13-16,23,26-31H,10-12,17-22H2,1-9H3,(H,38,46)(H,39,45)(H2,40,41,48)/t27-,28?,29-,30+,31+/m1/s1. The normalized spacial score (nSPS) is 19.7. The van der Waals surface area contributed by atoms with Crippen molar-refractivity contribution in [2.24, 2.45) is 23.2 Å². The van der Waals surface area contributed by atoms with Gasteiger partial charge >= 0.3 is 6.03 Å². The summed E-state index contributed by atoms with van der Waals surface area (Å²) in [5.41, 5.74) is 1.65. The highest BCUT2D eigenvalue weighted by Gasteiger charge is 2.48. The van der Waals surface area contributed by atoms with E-state index in [2.05, 4.69) is 21.3 Å². The van der Waals surface area contributed by atoms with Crippen LogP contribution in [0.5, 0.6) is 0 Å². The molecule has 0 aromatic heterocycles. The first-order chi connectivity index (χ1) is 23.8. The maximum atomic E-state index is 14.8. The molecule has 0 bridgehead atoms. The largest absolute Gasteiger partial charge is 0.350 e. The van der Waals surface area contributed by atoms with Gasteiger partial charge in [-0.25, -0.2) is 17.5 Å². The summed E-state index contributed by atoms with van der Waals surface area (Å²) in [6, 6.07) is 3.76. The zero-order valence-corrected chi connectivity index (χ0v) is 32.7. The summed E-state index contributed by atoms with van der Waals surface area (Å²) in [5, 5.41) is 11.3. The van der Waals surface area contributed by atoms with Crippen LogP contribution < -0.4 is 21.3 Å². The number of ketones is 1. The lowest BCUT2D eigenvalue weighted by atomic mass is 9.86. The summed E-state index contributed by atoms with van der Waals surface area (Å²) in [5.74, 6) is -2.86. The van der Waals surface area contributed by atoms with Crippen molar-refractivity contribution >= 4 is 39.6 Å². The molecule has 14 heteroatoms. The second-order valence-electron chi connectivity index (χ2n) is 15.6. The number of unbranched alkanes of at least 4 members (excludes halogenated alkanes) is 1. The van der Waals surface area contributed by atoms with Gasteiger partial charge in [0, 0.05) is 32.7 Å². The minimum absolute atomic E-state index is 0.0246. The third kappa shape index (κ3) is 11.0. The molecule has 4 N–H and O–H groups in total. The van der Waals surface area contributed by atoms with E-state index in [1.165, 1.54) is 11.4 Å². The third-order valence-electron chi connectivity index (χ3n) is 10.4. The average Bonchev–Trinajstić information content (AvgIpc) is 3.69. The molecule has 1 aliphatic carbocycles. The highest BCUT2D eigenvalue weighted by Crippen LogP contribution is 2.35. The number of carbonyl (C=O) groups is 5. The second kappa shape index (κ2) is 17.8. The molecule has 0 spiro atoms. The Morgan fingerprint density at radius 2 is 1.59 bits per heavy atom. The fraction of sp³-hybridized carbons (Fsp3) is 0.703. The highest BCUT2D eigenvalue weighted by molar-refractivity contribution is 7.88. The van der Waals surface area contributed by atoms with Gasteiger partial charge in [0.25, 0.3) is 5.91 Å². The number of urea groups is 1. The highest BCUT2D eigenvalue weighted by atomic mass is 32.2. The van der Waals surface area contributed by atoms with Gasteiger partial charge in [0.15, 0.2) is 0 Å². The summed E-state index contributed by atoms with van der Waals surface area (Å²) in [4.78, 5) is 69.9. The average molecular weight is 733 g/mol. The van der Waals surface area contributed by atoms with Crippen LogP contribution in [0.3, 0.4) is 0 Å². The monoisotopic (exact) mass is 732 g/mol.